The molecule has 2 rings (SSSR count). The Kier molecular flexibility index (Phi) is 4.29. The fourth-order valence-corrected chi connectivity index (χ4v) is 1.73. The molecule has 0 bridgehead atoms. The van der Waals surface area contributed by atoms with Crippen LogP contribution in [0.4, 0.5) is 0 Å². The Hall–Kier alpha value is -2.74. The van der Waals surface area contributed by atoms with Gasteiger partial charge >= 0.3 is 0 Å². The van der Waals surface area contributed by atoms with Crippen molar-refractivity contribution >= 4 is 24.3 Å². The highest BCUT2D eigenvalue weighted by atomic mass is 32.1. The molecule has 1 aromatic heterocycles. The van der Waals surface area contributed by atoms with Crippen LogP contribution in [0.15, 0.2) is 40.2 Å². The number of hydrazone groups is 1. The van der Waals surface area contributed by atoms with Crippen LogP contribution in [0.1, 0.15) is 15.9 Å². The number of aromatic amines is 1. The maximum atomic E-state index is 11.7. The van der Waals surface area contributed by atoms with Crippen LogP contribution in [0.2, 0.25) is 0 Å². The van der Waals surface area contributed by atoms with Gasteiger partial charge in [-0.15, -0.1) is 0 Å². The molecule has 0 saturated carbocycles. The van der Waals surface area contributed by atoms with Crippen LogP contribution in [0, 0.1) is 4.77 Å². The average Bonchev–Trinajstić information content (AvgIpc) is 2.49. The van der Waals surface area contributed by atoms with Crippen LogP contribution in [0.3, 0.4) is 0 Å². The molecule has 0 radical (unpaired) electrons. The highest BCUT2D eigenvalue weighted by Gasteiger charge is 2.08. The number of carbonyl (C=O) groups is 1. The van der Waals surface area contributed by atoms with Crippen LogP contribution in [-0.2, 0) is 7.05 Å². The number of aromatic nitrogens is 2. The zero-order valence-corrected chi connectivity index (χ0v) is 11.8. The molecule has 0 aliphatic carbocycles. The van der Waals surface area contributed by atoms with E-state index < -0.39 is 11.5 Å². The van der Waals surface area contributed by atoms with Gasteiger partial charge in [0.05, 0.1) is 6.21 Å². The molecular formula is C13H12N4O3S. The minimum absolute atomic E-state index is 0.0861. The molecule has 21 heavy (non-hydrogen) atoms. The van der Waals surface area contributed by atoms with E-state index in [1.54, 1.807) is 30.3 Å². The number of rotatable bonds is 3. The second-order valence-electron chi connectivity index (χ2n) is 4.12. The lowest BCUT2D eigenvalue weighted by molar-refractivity contribution is 0.0955. The van der Waals surface area contributed by atoms with Crippen molar-refractivity contribution < 1.29 is 9.90 Å². The standard InChI is InChI=1S/C13H12N4O3S/c1-17-12(20)9(11(19)15-13(17)21)7-14-16-10(18)8-5-3-2-4-6-8/h2-7,20H,1H3,(H,16,18)(H,15,19,21). The molecule has 0 aliphatic heterocycles. The summed E-state index contributed by atoms with van der Waals surface area (Å²) in [6.45, 7) is 0. The molecule has 0 saturated heterocycles. The summed E-state index contributed by atoms with van der Waals surface area (Å²) in [5.41, 5.74) is 2.01. The van der Waals surface area contributed by atoms with Crippen LogP contribution in [-0.4, -0.2) is 26.8 Å². The van der Waals surface area contributed by atoms with Crippen LogP contribution >= 0.6 is 12.2 Å². The van der Waals surface area contributed by atoms with Gasteiger partial charge in [0.2, 0.25) is 5.88 Å². The van der Waals surface area contributed by atoms with Crippen LogP contribution < -0.4 is 11.0 Å². The van der Waals surface area contributed by atoms with E-state index in [4.69, 9.17) is 12.2 Å². The molecular weight excluding hydrogens is 292 g/mol. The lowest BCUT2D eigenvalue weighted by Crippen LogP contribution is -2.20. The summed E-state index contributed by atoms with van der Waals surface area (Å²) >= 11 is 4.84. The van der Waals surface area contributed by atoms with E-state index >= 15 is 0 Å². The molecule has 1 aromatic carbocycles. The van der Waals surface area contributed by atoms with Gasteiger partial charge in [-0.2, -0.15) is 5.10 Å². The lowest BCUT2D eigenvalue weighted by atomic mass is 10.2. The summed E-state index contributed by atoms with van der Waals surface area (Å²) in [6.07, 6.45) is 1.06. The molecule has 1 amide bonds. The highest BCUT2D eigenvalue weighted by Crippen LogP contribution is 2.08. The van der Waals surface area contributed by atoms with E-state index in [9.17, 15) is 14.7 Å². The third-order valence-corrected chi connectivity index (χ3v) is 3.10. The fraction of sp³-hybridized carbons (Fsp3) is 0.0769. The van der Waals surface area contributed by atoms with E-state index in [2.05, 4.69) is 15.5 Å². The molecule has 7 nitrogen and oxygen atoms in total. The number of nitrogens with zero attached hydrogens (tertiary/aromatic N) is 2. The fourth-order valence-electron chi connectivity index (χ4n) is 1.55. The van der Waals surface area contributed by atoms with Crippen LogP contribution in [0.25, 0.3) is 0 Å². The molecule has 0 unspecified atom stereocenters. The smallest absolute Gasteiger partial charge is 0.271 e. The van der Waals surface area contributed by atoms with Gasteiger partial charge in [-0.25, -0.2) is 5.43 Å². The number of benzene rings is 1. The van der Waals surface area contributed by atoms with E-state index in [0.29, 0.717) is 5.56 Å². The molecule has 0 fully saturated rings. The first-order chi connectivity index (χ1) is 10.0. The second-order valence-corrected chi connectivity index (χ2v) is 4.51. The van der Waals surface area contributed by atoms with E-state index in [1.165, 1.54) is 11.6 Å². The molecule has 8 heteroatoms. The van der Waals surface area contributed by atoms with Gasteiger partial charge < -0.3 is 5.11 Å². The summed E-state index contributed by atoms with van der Waals surface area (Å²) in [5, 5.41) is 13.5. The number of hydrogen-bond donors (Lipinski definition) is 3. The van der Waals surface area contributed by atoms with Crippen molar-refractivity contribution in [3.05, 3.63) is 56.6 Å². The Bertz CT molecular complexity index is 808. The van der Waals surface area contributed by atoms with E-state index in [0.717, 1.165) is 6.21 Å². The molecule has 108 valence electrons. The van der Waals surface area contributed by atoms with Crippen molar-refractivity contribution in [1.82, 2.24) is 15.0 Å². The monoisotopic (exact) mass is 304 g/mol. The van der Waals surface area contributed by atoms with Crippen molar-refractivity contribution in [3.8, 4) is 5.88 Å². The SMILES string of the molecule is Cn1c(O)c(C=NNC(=O)c2ccccc2)c(=O)[nH]c1=S. The van der Waals surface area contributed by atoms with Crippen molar-refractivity contribution in [3.63, 3.8) is 0 Å². The van der Waals surface area contributed by atoms with Crippen molar-refractivity contribution in [2.75, 3.05) is 0 Å². The Morgan fingerprint density at radius 2 is 2.10 bits per heavy atom. The first-order valence-electron chi connectivity index (χ1n) is 5.91. The lowest BCUT2D eigenvalue weighted by Gasteiger charge is -2.04. The first kappa shape index (κ1) is 14.7. The summed E-state index contributed by atoms with van der Waals surface area (Å²) in [4.78, 5) is 25.8. The second kappa shape index (κ2) is 6.14. The van der Waals surface area contributed by atoms with Gasteiger partial charge in [0.1, 0.15) is 5.56 Å². The van der Waals surface area contributed by atoms with Gasteiger partial charge in [-0.3, -0.25) is 19.1 Å². The minimum atomic E-state index is -0.590. The highest BCUT2D eigenvalue weighted by molar-refractivity contribution is 7.71. The maximum absolute atomic E-state index is 11.7. The quantitative estimate of drug-likeness (QED) is 0.446. The van der Waals surface area contributed by atoms with Crippen molar-refractivity contribution in [2.24, 2.45) is 12.1 Å². The van der Waals surface area contributed by atoms with Crippen LogP contribution in [0.5, 0.6) is 5.88 Å². The third kappa shape index (κ3) is 3.23. The Balaban J connectivity index is 2.20. The van der Waals surface area contributed by atoms with Gasteiger partial charge in [-0.1, -0.05) is 18.2 Å². The first-order valence-corrected chi connectivity index (χ1v) is 6.32. The number of carbonyl (C=O) groups excluding carboxylic acids is 1. The minimum Gasteiger partial charge on any atom is -0.494 e. The molecule has 3 N–H and O–H groups in total. The Morgan fingerprint density at radius 3 is 2.76 bits per heavy atom. The van der Waals surface area contributed by atoms with Crippen molar-refractivity contribution in [1.29, 1.82) is 0 Å². The zero-order valence-electron chi connectivity index (χ0n) is 11.0. The van der Waals surface area contributed by atoms with Crippen molar-refractivity contribution in [2.45, 2.75) is 0 Å². The number of aromatic hydroxyl groups is 1. The number of nitrogens with one attached hydrogen (secondary N) is 2. The summed E-state index contributed by atoms with van der Waals surface area (Å²) in [7, 11) is 1.49. The van der Waals surface area contributed by atoms with Gasteiger partial charge in [0.15, 0.2) is 4.77 Å². The molecule has 0 atom stereocenters. The predicted molar refractivity (Wildman–Crippen MR) is 80.0 cm³/mol. The summed E-state index contributed by atoms with van der Waals surface area (Å²) in [5.74, 6) is -0.756. The van der Waals surface area contributed by atoms with E-state index in [-0.39, 0.29) is 16.2 Å². The largest absolute Gasteiger partial charge is 0.494 e. The Labute approximate surface area is 124 Å². The Morgan fingerprint density at radius 1 is 1.43 bits per heavy atom. The predicted octanol–water partition coefficient (Wildman–Crippen LogP) is 0.912. The molecule has 0 spiro atoms. The third-order valence-electron chi connectivity index (χ3n) is 2.72. The number of H-pyrrole nitrogens is 1. The van der Waals surface area contributed by atoms with Gasteiger partial charge in [0, 0.05) is 12.6 Å². The normalized spacial score (nSPS) is 10.7. The number of amides is 1. The maximum Gasteiger partial charge on any atom is 0.271 e. The van der Waals surface area contributed by atoms with Gasteiger partial charge in [-0.05, 0) is 24.4 Å². The zero-order chi connectivity index (χ0) is 15.4. The average molecular weight is 304 g/mol. The van der Waals surface area contributed by atoms with Gasteiger partial charge in [0.25, 0.3) is 11.5 Å². The molecule has 2 aromatic rings. The van der Waals surface area contributed by atoms with E-state index in [1.807, 2.05) is 0 Å². The number of hydrogen-bond acceptors (Lipinski definition) is 5. The molecule has 1 heterocycles. The molecule has 0 aliphatic rings. The summed E-state index contributed by atoms with van der Waals surface area (Å²) in [6, 6.07) is 8.48. The summed E-state index contributed by atoms with van der Waals surface area (Å²) < 4.78 is 1.31. The topological polar surface area (TPSA) is 99.5 Å².